The summed E-state index contributed by atoms with van der Waals surface area (Å²) in [5.74, 6) is 0.896. The van der Waals surface area contributed by atoms with Gasteiger partial charge in [-0.1, -0.05) is 6.07 Å². The summed E-state index contributed by atoms with van der Waals surface area (Å²) in [5.41, 5.74) is 2.68. The van der Waals surface area contributed by atoms with Crippen LogP contribution in [-0.2, 0) is 19.5 Å². The predicted molar refractivity (Wildman–Crippen MR) is 80.2 cm³/mol. The highest BCUT2D eigenvalue weighted by atomic mass is 16.5. The second kappa shape index (κ2) is 6.28. The van der Waals surface area contributed by atoms with Gasteiger partial charge < -0.3 is 9.84 Å². The first kappa shape index (κ1) is 14.1. The first-order valence-electron chi connectivity index (χ1n) is 7.28. The lowest BCUT2D eigenvalue weighted by Crippen LogP contribution is -2.38. The van der Waals surface area contributed by atoms with E-state index >= 15 is 0 Å². The molecular weight excluding hydrogens is 266 g/mol. The molecule has 2 aromatic rings. The zero-order valence-electron chi connectivity index (χ0n) is 12.3. The molecule has 5 nitrogen and oxygen atoms in total. The molecule has 112 valence electrons. The van der Waals surface area contributed by atoms with Crippen molar-refractivity contribution in [1.82, 2.24) is 14.7 Å². The van der Waals surface area contributed by atoms with E-state index in [1.54, 1.807) is 18.0 Å². The smallest absolute Gasteiger partial charge is 0.119 e. The number of aliphatic hydroxyl groups is 1. The van der Waals surface area contributed by atoms with E-state index < -0.39 is 6.10 Å². The third-order valence-electron chi connectivity index (χ3n) is 3.93. The van der Waals surface area contributed by atoms with Gasteiger partial charge in [-0.15, -0.1) is 0 Å². The van der Waals surface area contributed by atoms with E-state index in [0.29, 0.717) is 13.1 Å². The van der Waals surface area contributed by atoms with E-state index in [0.717, 1.165) is 25.3 Å². The first-order valence-corrected chi connectivity index (χ1v) is 7.28. The van der Waals surface area contributed by atoms with Crippen molar-refractivity contribution in [1.29, 1.82) is 0 Å². The molecule has 0 saturated heterocycles. The lowest BCUT2D eigenvalue weighted by Gasteiger charge is -2.30. The maximum absolute atomic E-state index is 10.2. The molecular formula is C16H21N3O2. The Kier molecular flexibility index (Phi) is 4.22. The Morgan fingerprint density at radius 2 is 2.24 bits per heavy atom. The Morgan fingerprint density at radius 1 is 1.33 bits per heavy atom. The number of β-amino-alcohol motifs (C(OH)–C–C–N with tert-alkyl or cyclic N) is 1. The molecule has 1 atom stereocenters. The van der Waals surface area contributed by atoms with Crippen molar-refractivity contribution in [2.24, 2.45) is 0 Å². The van der Waals surface area contributed by atoms with Gasteiger partial charge in [-0.3, -0.25) is 9.58 Å². The summed E-state index contributed by atoms with van der Waals surface area (Å²) in [6.45, 7) is 3.04. The van der Waals surface area contributed by atoms with Gasteiger partial charge in [0.2, 0.25) is 0 Å². The number of benzene rings is 1. The van der Waals surface area contributed by atoms with Crippen molar-refractivity contribution in [2.45, 2.75) is 25.6 Å². The normalized spacial score (nSPS) is 16.5. The van der Waals surface area contributed by atoms with Crippen LogP contribution in [0.4, 0.5) is 0 Å². The van der Waals surface area contributed by atoms with Crippen LogP contribution in [0, 0.1) is 0 Å². The summed E-state index contributed by atoms with van der Waals surface area (Å²) in [5, 5.41) is 14.3. The fourth-order valence-corrected chi connectivity index (χ4v) is 2.85. The van der Waals surface area contributed by atoms with E-state index in [1.165, 1.54) is 11.1 Å². The lowest BCUT2D eigenvalue weighted by molar-refractivity contribution is 0.0888. The molecule has 1 aliphatic heterocycles. The van der Waals surface area contributed by atoms with Gasteiger partial charge >= 0.3 is 0 Å². The van der Waals surface area contributed by atoms with E-state index in [1.807, 2.05) is 18.3 Å². The Morgan fingerprint density at radius 3 is 3.00 bits per heavy atom. The average Bonchev–Trinajstić information content (AvgIpc) is 2.99. The van der Waals surface area contributed by atoms with Gasteiger partial charge in [0.25, 0.3) is 0 Å². The van der Waals surface area contributed by atoms with Gasteiger partial charge in [-0.2, -0.15) is 5.10 Å². The maximum atomic E-state index is 10.2. The Bertz CT molecular complexity index is 583. The van der Waals surface area contributed by atoms with Crippen molar-refractivity contribution in [3.8, 4) is 5.75 Å². The highest BCUT2D eigenvalue weighted by Crippen LogP contribution is 2.23. The third-order valence-corrected chi connectivity index (χ3v) is 3.93. The monoisotopic (exact) mass is 287 g/mol. The van der Waals surface area contributed by atoms with Crippen LogP contribution < -0.4 is 4.74 Å². The van der Waals surface area contributed by atoms with Crippen molar-refractivity contribution < 1.29 is 9.84 Å². The molecule has 3 rings (SSSR count). The summed E-state index contributed by atoms with van der Waals surface area (Å²) in [7, 11) is 1.69. The molecule has 1 aromatic carbocycles. The molecule has 1 aliphatic rings. The quantitative estimate of drug-likeness (QED) is 0.901. The van der Waals surface area contributed by atoms with Gasteiger partial charge in [0.15, 0.2) is 0 Å². The van der Waals surface area contributed by atoms with E-state index in [-0.39, 0.29) is 0 Å². The molecule has 1 aromatic heterocycles. The standard InChI is InChI=1S/C16H21N3O2/c1-21-16-4-3-13-5-8-18(10-14(13)9-16)11-15(20)12-19-7-2-6-17-19/h2-4,6-7,9,15,20H,5,8,10-12H2,1H3/t15-/m0/s1. The molecule has 0 aliphatic carbocycles. The molecule has 21 heavy (non-hydrogen) atoms. The summed E-state index contributed by atoms with van der Waals surface area (Å²) < 4.78 is 7.06. The molecule has 0 radical (unpaired) electrons. The van der Waals surface area contributed by atoms with Crippen molar-refractivity contribution in [3.05, 3.63) is 47.8 Å². The fraction of sp³-hybridized carbons (Fsp3) is 0.438. The third kappa shape index (κ3) is 3.43. The van der Waals surface area contributed by atoms with E-state index in [9.17, 15) is 5.11 Å². The van der Waals surface area contributed by atoms with Gasteiger partial charge in [-0.05, 0) is 35.7 Å². The summed E-state index contributed by atoms with van der Waals surface area (Å²) >= 11 is 0. The molecule has 0 amide bonds. The molecule has 1 N–H and O–H groups in total. The summed E-state index contributed by atoms with van der Waals surface area (Å²) in [4.78, 5) is 2.29. The number of hydrogen-bond acceptors (Lipinski definition) is 4. The van der Waals surface area contributed by atoms with Gasteiger partial charge in [0, 0.05) is 32.0 Å². The molecule has 2 heterocycles. The second-order valence-electron chi connectivity index (χ2n) is 5.50. The minimum absolute atomic E-state index is 0.406. The highest BCUT2D eigenvalue weighted by Gasteiger charge is 2.19. The molecule has 0 bridgehead atoms. The van der Waals surface area contributed by atoms with Crippen LogP contribution in [0.3, 0.4) is 0 Å². The van der Waals surface area contributed by atoms with E-state index in [2.05, 4.69) is 22.1 Å². The van der Waals surface area contributed by atoms with Gasteiger partial charge in [-0.25, -0.2) is 0 Å². The molecule has 0 saturated carbocycles. The number of aliphatic hydroxyl groups excluding tert-OH is 1. The highest BCUT2D eigenvalue weighted by molar-refractivity contribution is 5.37. The SMILES string of the molecule is COc1ccc2c(c1)CN(C[C@H](O)Cn1cccn1)CC2. The topological polar surface area (TPSA) is 50.5 Å². The molecule has 0 unspecified atom stereocenters. The summed E-state index contributed by atoms with van der Waals surface area (Å²) in [6, 6.07) is 8.13. The predicted octanol–water partition coefficient (Wildman–Crippen LogP) is 1.31. The van der Waals surface area contributed by atoms with Crippen LogP contribution in [0.2, 0.25) is 0 Å². The average molecular weight is 287 g/mol. The van der Waals surface area contributed by atoms with Crippen molar-refractivity contribution in [2.75, 3.05) is 20.2 Å². The van der Waals surface area contributed by atoms with Gasteiger partial charge in [0.05, 0.1) is 19.8 Å². The van der Waals surface area contributed by atoms with Crippen molar-refractivity contribution in [3.63, 3.8) is 0 Å². The number of ether oxygens (including phenoxy) is 1. The lowest BCUT2D eigenvalue weighted by atomic mass is 9.99. The second-order valence-corrected chi connectivity index (χ2v) is 5.50. The van der Waals surface area contributed by atoms with Gasteiger partial charge in [0.1, 0.15) is 5.75 Å². The molecule has 0 spiro atoms. The molecule has 5 heteroatoms. The number of fused-ring (bicyclic) bond motifs is 1. The number of hydrogen-bond donors (Lipinski definition) is 1. The van der Waals surface area contributed by atoms with Crippen LogP contribution in [0.1, 0.15) is 11.1 Å². The van der Waals surface area contributed by atoms with Crippen molar-refractivity contribution >= 4 is 0 Å². The largest absolute Gasteiger partial charge is 0.497 e. The zero-order chi connectivity index (χ0) is 14.7. The number of methoxy groups -OCH3 is 1. The Hall–Kier alpha value is -1.85. The van der Waals surface area contributed by atoms with Crippen LogP contribution in [0.15, 0.2) is 36.7 Å². The fourth-order valence-electron chi connectivity index (χ4n) is 2.85. The minimum Gasteiger partial charge on any atom is -0.497 e. The molecule has 0 fully saturated rings. The Balaban J connectivity index is 1.60. The van der Waals surface area contributed by atoms with Crippen LogP contribution >= 0.6 is 0 Å². The van der Waals surface area contributed by atoms with Crippen LogP contribution in [-0.4, -0.2) is 46.1 Å². The number of aromatic nitrogens is 2. The Labute approximate surface area is 124 Å². The summed E-state index contributed by atoms with van der Waals surface area (Å²) in [6.07, 6.45) is 4.22. The zero-order valence-corrected chi connectivity index (χ0v) is 12.3. The first-order chi connectivity index (χ1) is 10.2. The number of rotatable bonds is 5. The van der Waals surface area contributed by atoms with E-state index in [4.69, 9.17) is 4.74 Å². The maximum Gasteiger partial charge on any atom is 0.119 e. The number of nitrogens with zero attached hydrogens (tertiary/aromatic N) is 3. The minimum atomic E-state index is -0.406. The van der Waals surface area contributed by atoms with Crippen LogP contribution in [0.5, 0.6) is 5.75 Å². The van der Waals surface area contributed by atoms with Crippen LogP contribution in [0.25, 0.3) is 0 Å².